The van der Waals surface area contributed by atoms with Crippen molar-refractivity contribution >= 4 is 50.5 Å². The molecule has 25 heavy (non-hydrogen) atoms. The van der Waals surface area contributed by atoms with E-state index in [9.17, 15) is 13.2 Å². The maximum atomic E-state index is 12.6. The smallest absolute Gasteiger partial charge is 0.248 e. The summed E-state index contributed by atoms with van der Waals surface area (Å²) < 4.78 is 25.7. The van der Waals surface area contributed by atoms with Gasteiger partial charge >= 0.3 is 0 Å². The summed E-state index contributed by atoms with van der Waals surface area (Å²) in [6, 6.07) is 10.6. The number of sulfonamides is 1. The number of nitrogens with one attached hydrogen (secondary N) is 1. The third-order valence-electron chi connectivity index (χ3n) is 3.63. The number of amides is 1. The number of hydrogen-bond acceptors (Lipinski definition) is 3. The number of carbonyl (C=O) groups is 1. The van der Waals surface area contributed by atoms with Crippen LogP contribution in [0.4, 0.5) is 11.4 Å². The van der Waals surface area contributed by atoms with Crippen LogP contribution in [0.3, 0.4) is 0 Å². The minimum Gasteiger partial charge on any atom is -0.323 e. The number of carbonyl (C=O) groups excluding carboxylic acids is 1. The van der Waals surface area contributed by atoms with Crippen LogP contribution in [0.15, 0.2) is 42.5 Å². The van der Waals surface area contributed by atoms with E-state index in [0.29, 0.717) is 27.0 Å². The van der Waals surface area contributed by atoms with Crippen molar-refractivity contribution in [3.05, 3.63) is 58.1 Å². The lowest BCUT2D eigenvalue weighted by atomic mass is 10.1. The van der Waals surface area contributed by atoms with Crippen LogP contribution in [-0.4, -0.2) is 26.6 Å². The number of rotatable bonds is 5. The van der Waals surface area contributed by atoms with Gasteiger partial charge in [-0.15, -0.1) is 0 Å². The van der Waals surface area contributed by atoms with Gasteiger partial charge in [-0.25, -0.2) is 8.42 Å². The summed E-state index contributed by atoms with van der Waals surface area (Å²) in [5.74, 6) is -0.502. The van der Waals surface area contributed by atoms with Crippen molar-refractivity contribution in [2.24, 2.45) is 0 Å². The van der Waals surface area contributed by atoms with E-state index in [2.05, 4.69) is 5.32 Å². The predicted molar refractivity (Wildman–Crippen MR) is 103 cm³/mol. The summed E-state index contributed by atoms with van der Waals surface area (Å²) >= 11 is 12.0. The van der Waals surface area contributed by atoms with Crippen LogP contribution in [0.1, 0.15) is 12.5 Å². The molecule has 0 aliphatic carbocycles. The molecule has 0 aliphatic rings. The molecule has 5 nitrogen and oxygen atoms in total. The summed E-state index contributed by atoms with van der Waals surface area (Å²) in [6.07, 6.45) is 1.05. The zero-order valence-corrected chi connectivity index (χ0v) is 16.3. The van der Waals surface area contributed by atoms with Crippen molar-refractivity contribution in [3.63, 3.8) is 0 Å². The first-order valence-electron chi connectivity index (χ1n) is 7.42. The third kappa shape index (κ3) is 4.66. The molecule has 0 saturated heterocycles. The normalized spacial score (nSPS) is 12.5. The molecule has 0 unspecified atom stereocenters. The van der Waals surface area contributed by atoms with E-state index in [1.165, 1.54) is 13.0 Å². The molecule has 0 saturated carbocycles. The Bertz CT molecular complexity index is 901. The molecule has 1 N–H and O–H groups in total. The lowest BCUT2D eigenvalue weighted by Gasteiger charge is -2.29. The van der Waals surface area contributed by atoms with Crippen molar-refractivity contribution < 1.29 is 13.2 Å². The summed E-state index contributed by atoms with van der Waals surface area (Å²) in [4.78, 5) is 12.6. The summed E-state index contributed by atoms with van der Waals surface area (Å²) in [5.41, 5.74) is 1.46. The van der Waals surface area contributed by atoms with Crippen LogP contribution in [0, 0.1) is 6.92 Å². The van der Waals surface area contributed by atoms with Gasteiger partial charge in [0.2, 0.25) is 15.9 Å². The lowest BCUT2D eigenvalue weighted by Crippen LogP contribution is -2.45. The van der Waals surface area contributed by atoms with Gasteiger partial charge in [0.05, 0.1) is 22.7 Å². The highest BCUT2D eigenvalue weighted by atomic mass is 35.5. The fourth-order valence-electron chi connectivity index (χ4n) is 2.40. The third-order valence-corrected chi connectivity index (χ3v) is 5.42. The summed E-state index contributed by atoms with van der Waals surface area (Å²) in [5, 5.41) is 3.41. The Morgan fingerprint density at radius 3 is 2.40 bits per heavy atom. The SMILES string of the molecule is Cc1ccc(Cl)cc1N([C@H](C)C(=O)Nc1ccccc1Cl)S(C)(=O)=O. The second-order valence-electron chi connectivity index (χ2n) is 5.63. The molecular weight excluding hydrogens is 383 g/mol. The molecule has 0 fully saturated rings. The number of anilines is 2. The minimum atomic E-state index is -3.72. The number of aryl methyl sites for hydroxylation is 1. The molecule has 1 amide bonds. The monoisotopic (exact) mass is 400 g/mol. The molecule has 0 aliphatic heterocycles. The van der Waals surface area contributed by atoms with Gasteiger partial charge in [-0.1, -0.05) is 41.4 Å². The molecule has 0 spiro atoms. The minimum absolute atomic E-state index is 0.358. The van der Waals surface area contributed by atoms with Crippen molar-refractivity contribution in [3.8, 4) is 0 Å². The summed E-state index contributed by atoms with van der Waals surface area (Å²) in [6.45, 7) is 3.26. The van der Waals surface area contributed by atoms with Crippen molar-refractivity contribution in [2.75, 3.05) is 15.9 Å². The average molecular weight is 401 g/mol. The Hall–Kier alpha value is -1.76. The fraction of sp³-hybridized carbons (Fsp3) is 0.235. The van der Waals surface area contributed by atoms with E-state index in [0.717, 1.165) is 10.6 Å². The number of nitrogens with zero attached hydrogens (tertiary/aromatic N) is 1. The second kappa shape index (κ2) is 7.64. The molecular formula is C17H18Cl2N2O3S. The topological polar surface area (TPSA) is 66.5 Å². The van der Waals surface area contributed by atoms with E-state index in [4.69, 9.17) is 23.2 Å². The Morgan fingerprint density at radius 2 is 1.80 bits per heavy atom. The first-order valence-corrected chi connectivity index (χ1v) is 10.0. The molecule has 0 bridgehead atoms. The molecule has 0 aromatic heterocycles. The highest BCUT2D eigenvalue weighted by Crippen LogP contribution is 2.29. The molecule has 0 radical (unpaired) electrons. The Balaban J connectivity index is 2.40. The van der Waals surface area contributed by atoms with Gasteiger partial charge in [0.1, 0.15) is 6.04 Å². The zero-order chi connectivity index (χ0) is 18.8. The van der Waals surface area contributed by atoms with Gasteiger partial charge in [0.15, 0.2) is 0 Å². The van der Waals surface area contributed by atoms with Crippen molar-refractivity contribution in [1.82, 2.24) is 0 Å². The first-order chi connectivity index (χ1) is 11.6. The molecule has 2 aromatic carbocycles. The number of benzene rings is 2. The van der Waals surface area contributed by atoms with E-state index in [-0.39, 0.29) is 0 Å². The first kappa shape index (κ1) is 19.6. The van der Waals surface area contributed by atoms with Crippen molar-refractivity contribution in [2.45, 2.75) is 19.9 Å². The van der Waals surface area contributed by atoms with Gasteiger partial charge in [0.25, 0.3) is 0 Å². The largest absolute Gasteiger partial charge is 0.323 e. The standard InChI is InChI=1S/C17H18Cl2N2O3S/c1-11-8-9-13(18)10-16(11)21(25(3,23)24)12(2)17(22)20-15-7-5-4-6-14(15)19/h4-10,12H,1-3H3,(H,20,22)/t12-/m1/s1. The van der Waals surface area contributed by atoms with Gasteiger partial charge in [0, 0.05) is 5.02 Å². The molecule has 2 aromatic rings. The van der Waals surface area contributed by atoms with Crippen molar-refractivity contribution in [1.29, 1.82) is 0 Å². The van der Waals surface area contributed by atoms with E-state index in [1.54, 1.807) is 43.3 Å². The molecule has 1 atom stereocenters. The fourth-order valence-corrected chi connectivity index (χ4v) is 3.97. The Morgan fingerprint density at radius 1 is 1.16 bits per heavy atom. The molecule has 8 heteroatoms. The van der Waals surface area contributed by atoms with Crippen LogP contribution >= 0.6 is 23.2 Å². The maximum Gasteiger partial charge on any atom is 0.248 e. The van der Waals surface area contributed by atoms with E-state index >= 15 is 0 Å². The maximum absolute atomic E-state index is 12.6. The van der Waals surface area contributed by atoms with Gasteiger partial charge < -0.3 is 5.32 Å². The van der Waals surface area contributed by atoms with E-state index in [1.807, 2.05) is 0 Å². The Labute approximate surface area is 157 Å². The highest BCUT2D eigenvalue weighted by Gasteiger charge is 2.30. The second-order valence-corrected chi connectivity index (χ2v) is 8.34. The quantitative estimate of drug-likeness (QED) is 0.821. The molecule has 2 rings (SSSR count). The van der Waals surface area contributed by atoms with Crippen LogP contribution in [0.25, 0.3) is 0 Å². The molecule has 134 valence electrons. The Kier molecular flexibility index (Phi) is 5.98. The number of para-hydroxylation sites is 1. The van der Waals surface area contributed by atoms with Gasteiger partial charge in [-0.05, 0) is 43.7 Å². The lowest BCUT2D eigenvalue weighted by molar-refractivity contribution is -0.116. The summed E-state index contributed by atoms with van der Waals surface area (Å²) in [7, 11) is -3.72. The number of hydrogen-bond donors (Lipinski definition) is 1. The number of halogens is 2. The predicted octanol–water partition coefficient (Wildman–Crippen LogP) is 4.10. The van der Waals surface area contributed by atoms with Gasteiger partial charge in [-0.3, -0.25) is 9.10 Å². The molecule has 0 heterocycles. The van der Waals surface area contributed by atoms with Crippen LogP contribution in [-0.2, 0) is 14.8 Å². The van der Waals surface area contributed by atoms with Crippen LogP contribution in [0.5, 0.6) is 0 Å². The van der Waals surface area contributed by atoms with Gasteiger partial charge in [-0.2, -0.15) is 0 Å². The van der Waals surface area contributed by atoms with Crippen LogP contribution in [0.2, 0.25) is 10.0 Å². The van der Waals surface area contributed by atoms with E-state index < -0.39 is 22.0 Å². The zero-order valence-electron chi connectivity index (χ0n) is 14.0. The average Bonchev–Trinajstić information content (AvgIpc) is 2.51. The highest BCUT2D eigenvalue weighted by molar-refractivity contribution is 7.92. The van der Waals surface area contributed by atoms with Crippen LogP contribution < -0.4 is 9.62 Å².